The molecule has 0 bridgehead atoms. The van der Waals surface area contributed by atoms with E-state index in [2.05, 4.69) is 4.74 Å². The fraction of sp³-hybridized carbons (Fsp3) is 0.526. The van der Waals surface area contributed by atoms with Gasteiger partial charge in [0.2, 0.25) is 0 Å². The predicted molar refractivity (Wildman–Crippen MR) is 95.8 cm³/mol. The lowest BCUT2D eigenvalue weighted by molar-refractivity contribution is -0.144. The third kappa shape index (κ3) is 6.16. The summed E-state index contributed by atoms with van der Waals surface area (Å²) in [5.74, 6) is -0.253. The number of nitrogens with zero attached hydrogens (tertiary/aromatic N) is 1. The summed E-state index contributed by atoms with van der Waals surface area (Å²) in [6, 6.07) is 4.67. The molecule has 2 rings (SSSR count). The summed E-state index contributed by atoms with van der Waals surface area (Å²) < 4.78 is 20.1. The van der Waals surface area contributed by atoms with Gasteiger partial charge in [-0.25, -0.2) is 4.79 Å². The van der Waals surface area contributed by atoms with Crippen LogP contribution < -0.4 is 9.47 Å². The standard InChI is InChI=1S/C19H25NO7/c1-4-26-17(21)11-20(10-13-5-6-13)19(23)14-7-8-15(24-2)16(9-14)27-12-18(22)25-3/h7-9,13H,4-6,10-12H2,1-3H3. The molecule has 1 aliphatic carbocycles. The molecule has 8 nitrogen and oxygen atoms in total. The molecule has 0 spiro atoms. The summed E-state index contributed by atoms with van der Waals surface area (Å²) in [6.07, 6.45) is 2.09. The highest BCUT2D eigenvalue weighted by atomic mass is 16.6. The average Bonchev–Trinajstić information content (AvgIpc) is 3.49. The van der Waals surface area contributed by atoms with Crippen LogP contribution in [0.4, 0.5) is 0 Å². The van der Waals surface area contributed by atoms with Crippen molar-refractivity contribution < 1.29 is 33.3 Å². The molecular weight excluding hydrogens is 354 g/mol. The van der Waals surface area contributed by atoms with Crippen LogP contribution in [0.1, 0.15) is 30.1 Å². The van der Waals surface area contributed by atoms with Gasteiger partial charge in [-0.3, -0.25) is 9.59 Å². The van der Waals surface area contributed by atoms with Crippen molar-refractivity contribution in [3.05, 3.63) is 23.8 Å². The van der Waals surface area contributed by atoms with E-state index in [-0.39, 0.29) is 31.4 Å². The second-order valence-corrected chi connectivity index (χ2v) is 6.16. The SMILES string of the molecule is CCOC(=O)CN(CC1CC1)C(=O)c1ccc(OC)c(OCC(=O)OC)c1. The smallest absolute Gasteiger partial charge is 0.343 e. The number of rotatable bonds is 10. The number of hydrogen-bond acceptors (Lipinski definition) is 7. The Labute approximate surface area is 158 Å². The second kappa shape index (κ2) is 9.80. The van der Waals surface area contributed by atoms with Crippen molar-refractivity contribution in [1.82, 2.24) is 4.90 Å². The molecule has 8 heteroatoms. The van der Waals surface area contributed by atoms with E-state index in [0.717, 1.165) is 12.8 Å². The zero-order valence-electron chi connectivity index (χ0n) is 15.9. The van der Waals surface area contributed by atoms with E-state index >= 15 is 0 Å². The van der Waals surface area contributed by atoms with Crippen LogP contribution in [-0.2, 0) is 19.1 Å². The van der Waals surface area contributed by atoms with Gasteiger partial charge in [0.25, 0.3) is 5.91 Å². The predicted octanol–water partition coefficient (Wildman–Crippen LogP) is 1.66. The Kier molecular flexibility index (Phi) is 7.45. The minimum Gasteiger partial charge on any atom is -0.493 e. The van der Waals surface area contributed by atoms with Crippen LogP contribution in [0.3, 0.4) is 0 Å². The maximum absolute atomic E-state index is 12.9. The molecule has 1 saturated carbocycles. The molecule has 1 aromatic carbocycles. The number of carbonyl (C=O) groups excluding carboxylic acids is 3. The fourth-order valence-corrected chi connectivity index (χ4v) is 2.49. The number of methoxy groups -OCH3 is 2. The van der Waals surface area contributed by atoms with Crippen molar-refractivity contribution in [3.63, 3.8) is 0 Å². The molecule has 0 heterocycles. The lowest BCUT2D eigenvalue weighted by Crippen LogP contribution is -2.38. The van der Waals surface area contributed by atoms with E-state index in [1.165, 1.54) is 25.2 Å². The number of amides is 1. The molecule has 0 unspecified atom stereocenters. The molecule has 1 aromatic rings. The van der Waals surface area contributed by atoms with E-state index in [0.29, 0.717) is 23.8 Å². The molecule has 1 fully saturated rings. The summed E-state index contributed by atoms with van der Waals surface area (Å²) in [6.45, 7) is 2.08. The zero-order chi connectivity index (χ0) is 19.8. The number of carbonyl (C=O) groups is 3. The summed E-state index contributed by atoms with van der Waals surface area (Å²) in [5.41, 5.74) is 0.334. The molecule has 0 radical (unpaired) electrons. The van der Waals surface area contributed by atoms with Gasteiger partial charge in [0.15, 0.2) is 18.1 Å². The van der Waals surface area contributed by atoms with Crippen LogP contribution in [0, 0.1) is 5.92 Å². The monoisotopic (exact) mass is 379 g/mol. The van der Waals surface area contributed by atoms with Crippen molar-refractivity contribution in [2.45, 2.75) is 19.8 Å². The van der Waals surface area contributed by atoms with Crippen molar-refractivity contribution in [2.24, 2.45) is 5.92 Å². The Morgan fingerprint density at radius 1 is 1.11 bits per heavy atom. The maximum Gasteiger partial charge on any atom is 0.343 e. The van der Waals surface area contributed by atoms with Gasteiger partial charge in [0, 0.05) is 12.1 Å². The number of benzene rings is 1. The van der Waals surface area contributed by atoms with Crippen molar-refractivity contribution in [2.75, 3.05) is 40.5 Å². The molecule has 0 atom stereocenters. The highest BCUT2D eigenvalue weighted by molar-refractivity contribution is 5.96. The summed E-state index contributed by atoms with van der Waals surface area (Å²) in [7, 11) is 2.72. The molecule has 148 valence electrons. The van der Waals surface area contributed by atoms with Gasteiger partial charge in [-0.1, -0.05) is 0 Å². The first-order valence-corrected chi connectivity index (χ1v) is 8.81. The van der Waals surface area contributed by atoms with Crippen LogP contribution in [0.2, 0.25) is 0 Å². The molecule has 1 amide bonds. The molecule has 0 N–H and O–H groups in total. The van der Waals surface area contributed by atoms with Crippen LogP contribution >= 0.6 is 0 Å². The maximum atomic E-state index is 12.9. The Morgan fingerprint density at radius 3 is 2.44 bits per heavy atom. The number of ether oxygens (including phenoxy) is 4. The van der Waals surface area contributed by atoms with E-state index in [4.69, 9.17) is 14.2 Å². The lowest BCUT2D eigenvalue weighted by Gasteiger charge is -2.22. The number of esters is 2. The largest absolute Gasteiger partial charge is 0.493 e. The first-order chi connectivity index (χ1) is 13.0. The average molecular weight is 379 g/mol. The molecule has 0 aromatic heterocycles. The van der Waals surface area contributed by atoms with Crippen LogP contribution in [-0.4, -0.2) is 63.3 Å². The normalized spacial score (nSPS) is 12.9. The first-order valence-electron chi connectivity index (χ1n) is 8.81. The Hall–Kier alpha value is -2.77. The van der Waals surface area contributed by atoms with Gasteiger partial charge < -0.3 is 23.8 Å². The van der Waals surface area contributed by atoms with Gasteiger partial charge in [-0.05, 0) is 43.9 Å². The van der Waals surface area contributed by atoms with E-state index in [1.807, 2.05) is 0 Å². The summed E-state index contributed by atoms with van der Waals surface area (Å²) >= 11 is 0. The fourth-order valence-electron chi connectivity index (χ4n) is 2.49. The van der Waals surface area contributed by atoms with Crippen molar-refractivity contribution in [1.29, 1.82) is 0 Å². The molecule has 1 aliphatic rings. The van der Waals surface area contributed by atoms with Gasteiger partial charge in [0.1, 0.15) is 6.54 Å². The quantitative estimate of drug-likeness (QED) is 0.571. The highest BCUT2D eigenvalue weighted by Crippen LogP contribution is 2.32. The van der Waals surface area contributed by atoms with Crippen LogP contribution in [0.5, 0.6) is 11.5 Å². The van der Waals surface area contributed by atoms with Gasteiger partial charge in [0.05, 0.1) is 20.8 Å². The second-order valence-electron chi connectivity index (χ2n) is 6.16. The Bertz CT molecular complexity index is 685. The van der Waals surface area contributed by atoms with Crippen molar-refractivity contribution in [3.8, 4) is 11.5 Å². The lowest BCUT2D eigenvalue weighted by atomic mass is 10.1. The topological polar surface area (TPSA) is 91.4 Å². The van der Waals surface area contributed by atoms with Gasteiger partial charge >= 0.3 is 11.9 Å². The zero-order valence-corrected chi connectivity index (χ0v) is 15.9. The first kappa shape index (κ1) is 20.5. The van der Waals surface area contributed by atoms with E-state index < -0.39 is 11.9 Å². The summed E-state index contributed by atoms with van der Waals surface area (Å²) in [4.78, 5) is 37.6. The van der Waals surface area contributed by atoms with E-state index in [9.17, 15) is 14.4 Å². The van der Waals surface area contributed by atoms with Gasteiger partial charge in [-0.15, -0.1) is 0 Å². The minimum absolute atomic E-state index is 0.104. The van der Waals surface area contributed by atoms with Crippen LogP contribution in [0.25, 0.3) is 0 Å². The van der Waals surface area contributed by atoms with Crippen molar-refractivity contribution >= 4 is 17.8 Å². The minimum atomic E-state index is -0.550. The van der Waals surface area contributed by atoms with E-state index in [1.54, 1.807) is 19.1 Å². The molecule has 0 saturated heterocycles. The highest BCUT2D eigenvalue weighted by Gasteiger charge is 2.29. The van der Waals surface area contributed by atoms with Crippen LogP contribution in [0.15, 0.2) is 18.2 Å². The Morgan fingerprint density at radius 2 is 1.85 bits per heavy atom. The molecule has 0 aliphatic heterocycles. The van der Waals surface area contributed by atoms with Gasteiger partial charge in [-0.2, -0.15) is 0 Å². The third-order valence-corrected chi connectivity index (χ3v) is 4.07. The summed E-state index contributed by atoms with van der Waals surface area (Å²) in [5, 5.41) is 0. The Balaban J connectivity index is 2.17. The third-order valence-electron chi connectivity index (χ3n) is 4.07. The molecular formula is C19H25NO7. The number of hydrogen-bond donors (Lipinski definition) is 0. The molecule has 27 heavy (non-hydrogen) atoms.